The predicted molar refractivity (Wildman–Crippen MR) is 72.8 cm³/mol. The minimum Gasteiger partial charge on any atom is -0.478 e. The van der Waals surface area contributed by atoms with E-state index in [0.29, 0.717) is 12.3 Å². The molecule has 0 saturated heterocycles. The van der Waals surface area contributed by atoms with Crippen molar-refractivity contribution in [1.29, 1.82) is 0 Å². The maximum Gasteiger partial charge on any atom is 0.337 e. The van der Waals surface area contributed by atoms with Crippen molar-refractivity contribution in [3.05, 3.63) is 28.8 Å². The van der Waals surface area contributed by atoms with E-state index in [-0.39, 0.29) is 23.1 Å². The van der Waals surface area contributed by atoms with Crippen molar-refractivity contribution < 1.29 is 19.4 Å². The Labute approximate surface area is 116 Å². The lowest BCUT2D eigenvalue weighted by molar-refractivity contribution is -0.120. The van der Waals surface area contributed by atoms with Crippen LogP contribution in [0.3, 0.4) is 0 Å². The molecule has 0 atom stereocenters. The highest BCUT2D eigenvalue weighted by Crippen LogP contribution is 2.20. The Bertz CT molecular complexity index is 462. The summed E-state index contributed by atoms with van der Waals surface area (Å²) in [7, 11) is 0. The van der Waals surface area contributed by atoms with Gasteiger partial charge in [-0.25, -0.2) is 4.79 Å². The molecule has 0 radical (unpaired) electrons. The fourth-order valence-electron chi connectivity index (χ4n) is 1.37. The van der Waals surface area contributed by atoms with E-state index < -0.39 is 5.97 Å². The summed E-state index contributed by atoms with van der Waals surface area (Å²) in [6, 6.07) is 4.23. The zero-order chi connectivity index (χ0) is 14.3. The van der Waals surface area contributed by atoms with Crippen molar-refractivity contribution in [3.63, 3.8) is 0 Å². The van der Waals surface area contributed by atoms with Gasteiger partial charge in [-0.15, -0.1) is 0 Å². The minimum atomic E-state index is -1.11. The number of rotatable bonds is 7. The van der Waals surface area contributed by atoms with E-state index in [4.69, 9.17) is 21.4 Å². The monoisotopic (exact) mass is 285 g/mol. The number of hydrogen-bond acceptors (Lipinski definition) is 3. The van der Waals surface area contributed by atoms with Crippen molar-refractivity contribution in [2.45, 2.75) is 19.8 Å². The van der Waals surface area contributed by atoms with E-state index in [0.717, 1.165) is 12.8 Å². The number of anilines is 1. The molecule has 5 nitrogen and oxygen atoms in total. The third kappa shape index (κ3) is 5.28. The van der Waals surface area contributed by atoms with Crippen molar-refractivity contribution >= 4 is 29.2 Å². The summed E-state index contributed by atoms with van der Waals surface area (Å²) >= 11 is 5.79. The van der Waals surface area contributed by atoms with E-state index in [1.165, 1.54) is 18.2 Å². The normalized spacial score (nSPS) is 10.2. The molecule has 0 fully saturated rings. The predicted octanol–water partition coefficient (Wildman–Crippen LogP) is 2.79. The molecule has 1 rings (SSSR count). The molecule has 0 spiro atoms. The molecule has 0 bridgehead atoms. The SMILES string of the molecule is CCCCOCC(=O)Nc1ccc(C(=O)O)c(Cl)c1. The van der Waals surface area contributed by atoms with Crippen LogP contribution >= 0.6 is 11.6 Å². The highest BCUT2D eigenvalue weighted by atomic mass is 35.5. The lowest BCUT2D eigenvalue weighted by atomic mass is 10.2. The molecule has 1 amide bonds. The molecule has 0 aliphatic carbocycles. The largest absolute Gasteiger partial charge is 0.478 e. The van der Waals surface area contributed by atoms with Crippen molar-refractivity contribution in [2.75, 3.05) is 18.5 Å². The Morgan fingerprint density at radius 2 is 2.16 bits per heavy atom. The van der Waals surface area contributed by atoms with Crippen LogP contribution < -0.4 is 5.32 Å². The van der Waals surface area contributed by atoms with Crippen LogP contribution in [0.1, 0.15) is 30.1 Å². The number of halogens is 1. The molecule has 0 heterocycles. The van der Waals surface area contributed by atoms with E-state index in [1.807, 2.05) is 6.92 Å². The van der Waals surface area contributed by atoms with Crippen LogP contribution in [0, 0.1) is 0 Å². The number of aromatic carboxylic acids is 1. The van der Waals surface area contributed by atoms with Gasteiger partial charge in [-0.2, -0.15) is 0 Å². The Balaban J connectivity index is 2.51. The Morgan fingerprint density at radius 3 is 2.74 bits per heavy atom. The number of ether oxygens (including phenoxy) is 1. The molecule has 1 aromatic rings. The van der Waals surface area contributed by atoms with Gasteiger partial charge in [0.05, 0.1) is 10.6 Å². The fraction of sp³-hybridized carbons (Fsp3) is 0.385. The number of carboxylic acid groups (broad SMARTS) is 1. The van der Waals surface area contributed by atoms with Gasteiger partial charge < -0.3 is 15.2 Å². The van der Waals surface area contributed by atoms with Crippen molar-refractivity contribution in [1.82, 2.24) is 0 Å². The van der Waals surface area contributed by atoms with Crippen LogP contribution in [0.4, 0.5) is 5.69 Å². The van der Waals surface area contributed by atoms with E-state index in [1.54, 1.807) is 0 Å². The number of hydrogen-bond donors (Lipinski definition) is 2. The standard InChI is InChI=1S/C13H16ClNO4/c1-2-3-6-19-8-12(16)15-9-4-5-10(13(17)18)11(14)7-9/h4-5,7H,2-3,6,8H2,1H3,(H,15,16)(H,17,18). The number of carboxylic acids is 1. The van der Waals surface area contributed by atoms with Crippen LogP contribution in [0.2, 0.25) is 5.02 Å². The number of carbonyl (C=O) groups excluding carboxylic acids is 1. The first-order chi connectivity index (χ1) is 9.04. The van der Waals surface area contributed by atoms with Crippen LogP contribution in [-0.4, -0.2) is 30.2 Å². The first kappa shape index (κ1) is 15.5. The van der Waals surface area contributed by atoms with Crippen molar-refractivity contribution in [2.24, 2.45) is 0 Å². The van der Waals surface area contributed by atoms with Crippen LogP contribution in [0.15, 0.2) is 18.2 Å². The van der Waals surface area contributed by atoms with Gasteiger partial charge in [0, 0.05) is 12.3 Å². The molecule has 1 aromatic carbocycles. The molecule has 19 heavy (non-hydrogen) atoms. The van der Waals surface area contributed by atoms with Gasteiger partial charge >= 0.3 is 5.97 Å². The molecule has 0 saturated carbocycles. The lowest BCUT2D eigenvalue weighted by Gasteiger charge is -2.07. The Kier molecular flexibility index (Phi) is 6.32. The summed E-state index contributed by atoms with van der Waals surface area (Å²) < 4.78 is 5.16. The molecule has 0 aliphatic heterocycles. The molecule has 0 unspecified atom stereocenters. The second-order valence-electron chi connectivity index (χ2n) is 3.95. The lowest BCUT2D eigenvalue weighted by Crippen LogP contribution is -2.18. The van der Waals surface area contributed by atoms with Gasteiger partial charge in [0.2, 0.25) is 5.91 Å². The fourth-order valence-corrected chi connectivity index (χ4v) is 1.64. The first-order valence-corrected chi connectivity index (χ1v) is 6.32. The molecule has 104 valence electrons. The highest BCUT2D eigenvalue weighted by molar-refractivity contribution is 6.33. The molecular weight excluding hydrogens is 270 g/mol. The molecule has 6 heteroatoms. The smallest absolute Gasteiger partial charge is 0.337 e. The van der Waals surface area contributed by atoms with E-state index in [9.17, 15) is 9.59 Å². The number of amides is 1. The van der Waals surface area contributed by atoms with E-state index >= 15 is 0 Å². The summed E-state index contributed by atoms with van der Waals surface area (Å²) in [5.41, 5.74) is 0.443. The average molecular weight is 286 g/mol. The summed E-state index contributed by atoms with van der Waals surface area (Å²) in [4.78, 5) is 22.3. The van der Waals surface area contributed by atoms with Crippen molar-refractivity contribution in [3.8, 4) is 0 Å². The Morgan fingerprint density at radius 1 is 1.42 bits per heavy atom. The quantitative estimate of drug-likeness (QED) is 0.755. The van der Waals surface area contributed by atoms with Gasteiger partial charge in [0.25, 0.3) is 0 Å². The second kappa shape index (κ2) is 7.76. The summed E-state index contributed by atoms with van der Waals surface area (Å²) in [6.07, 6.45) is 1.92. The third-order valence-corrected chi connectivity index (χ3v) is 2.67. The van der Waals surface area contributed by atoms with Gasteiger partial charge in [-0.05, 0) is 24.6 Å². The third-order valence-electron chi connectivity index (χ3n) is 2.36. The number of nitrogens with one attached hydrogen (secondary N) is 1. The van der Waals surface area contributed by atoms with Gasteiger partial charge in [-0.1, -0.05) is 24.9 Å². The average Bonchev–Trinajstić information content (AvgIpc) is 2.34. The minimum absolute atomic E-state index is 0.00105. The first-order valence-electron chi connectivity index (χ1n) is 5.95. The molecular formula is C13H16ClNO4. The van der Waals surface area contributed by atoms with Crippen LogP contribution in [-0.2, 0) is 9.53 Å². The number of benzene rings is 1. The van der Waals surface area contributed by atoms with Crippen LogP contribution in [0.25, 0.3) is 0 Å². The maximum absolute atomic E-state index is 11.5. The zero-order valence-corrected chi connectivity index (χ0v) is 11.4. The van der Waals surface area contributed by atoms with Gasteiger partial charge in [-0.3, -0.25) is 4.79 Å². The van der Waals surface area contributed by atoms with Gasteiger partial charge in [0.1, 0.15) is 6.61 Å². The number of carbonyl (C=O) groups is 2. The maximum atomic E-state index is 11.5. The van der Waals surface area contributed by atoms with Gasteiger partial charge in [0.15, 0.2) is 0 Å². The van der Waals surface area contributed by atoms with Crippen LogP contribution in [0.5, 0.6) is 0 Å². The number of unbranched alkanes of at least 4 members (excludes halogenated alkanes) is 1. The topological polar surface area (TPSA) is 75.6 Å². The second-order valence-corrected chi connectivity index (χ2v) is 4.36. The zero-order valence-electron chi connectivity index (χ0n) is 10.6. The Hall–Kier alpha value is -1.59. The summed E-state index contributed by atoms with van der Waals surface area (Å²) in [5, 5.41) is 11.5. The highest BCUT2D eigenvalue weighted by Gasteiger charge is 2.10. The van der Waals surface area contributed by atoms with E-state index in [2.05, 4.69) is 5.32 Å². The molecule has 0 aromatic heterocycles. The molecule has 0 aliphatic rings. The summed E-state index contributed by atoms with van der Waals surface area (Å²) in [6.45, 7) is 2.55. The molecule has 2 N–H and O–H groups in total. The summed E-state index contributed by atoms with van der Waals surface area (Å²) in [5.74, 6) is -1.40.